The molecule has 116 valence electrons. The van der Waals surface area contributed by atoms with E-state index < -0.39 is 11.3 Å². The van der Waals surface area contributed by atoms with Crippen LogP contribution < -0.4 is 9.62 Å². The van der Waals surface area contributed by atoms with Gasteiger partial charge >= 0.3 is 0 Å². The molecule has 0 aliphatic rings. The summed E-state index contributed by atoms with van der Waals surface area (Å²) < 4.78 is 24.1. The van der Waals surface area contributed by atoms with E-state index in [0.29, 0.717) is 0 Å². The molecule has 0 aliphatic heterocycles. The van der Waals surface area contributed by atoms with Crippen LogP contribution in [0, 0.1) is 20.8 Å². The smallest absolute Gasteiger partial charge is 0.190 e. The van der Waals surface area contributed by atoms with E-state index in [0.717, 1.165) is 26.8 Å². The molecule has 1 aromatic heterocycles. The van der Waals surface area contributed by atoms with E-state index in [4.69, 9.17) is 12.2 Å². The molecule has 5 nitrogen and oxygen atoms in total. The third-order valence-electron chi connectivity index (χ3n) is 2.93. The van der Waals surface area contributed by atoms with Gasteiger partial charge in [-0.3, -0.25) is 4.21 Å². The molecule has 1 N–H and O–H groups in total. The van der Waals surface area contributed by atoms with Gasteiger partial charge in [-0.05, 0) is 62.8 Å². The molecular weight excluding hydrogens is 318 g/mol. The summed E-state index contributed by atoms with van der Waals surface area (Å²) in [7, 11) is 0. The van der Waals surface area contributed by atoms with Gasteiger partial charge in [0.05, 0.1) is 11.3 Å². The number of hydrogen-bond donors (Lipinski definition) is 1. The summed E-state index contributed by atoms with van der Waals surface area (Å²) >= 11 is 2.65. The molecule has 1 atom stereocenters. The summed E-state index contributed by atoms with van der Waals surface area (Å²) in [6.45, 7) is 5.65. The Morgan fingerprint density at radius 3 is 2.36 bits per heavy atom. The molecule has 0 bridgehead atoms. The first-order valence-corrected chi connectivity index (χ1v) is 8.03. The first-order valence-electron chi connectivity index (χ1n) is 6.59. The maximum absolute atomic E-state index is 11.6. The van der Waals surface area contributed by atoms with Crippen LogP contribution in [0.3, 0.4) is 0 Å². The quantitative estimate of drug-likeness (QED) is 0.690. The minimum Gasteiger partial charge on any atom is -0.755 e. The second kappa shape index (κ2) is 6.95. The molecule has 1 unspecified atom stereocenters. The number of rotatable bonds is 3. The third kappa shape index (κ3) is 4.09. The fourth-order valence-electron chi connectivity index (χ4n) is 1.98. The van der Waals surface area contributed by atoms with Crippen LogP contribution in [0.4, 0.5) is 11.5 Å². The average Bonchev–Trinajstić information content (AvgIpc) is 2.40. The summed E-state index contributed by atoms with van der Waals surface area (Å²) in [6.07, 6.45) is 0. The maximum atomic E-state index is 11.6. The molecule has 0 amide bonds. The van der Waals surface area contributed by atoms with Gasteiger partial charge in [-0.25, -0.2) is 9.29 Å². The SMILES string of the molecule is Cc1ccc(NC(=S)N(c2cc(C)cc(C)n2)S(=O)[O-])cc1. The van der Waals surface area contributed by atoms with Crippen molar-refractivity contribution in [3.63, 3.8) is 0 Å². The number of pyridine rings is 1. The van der Waals surface area contributed by atoms with Crippen LogP contribution in [0.5, 0.6) is 0 Å². The van der Waals surface area contributed by atoms with Crippen molar-refractivity contribution >= 4 is 40.1 Å². The Kier molecular flexibility index (Phi) is 5.23. The topological polar surface area (TPSA) is 68.3 Å². The Balaban J connectivity index is 2.29. The summed E-state index contributed by atoms with van der Waals surface area (Å²) in [5, 5.41) is 2.96. The van der Waals surface area contributed by atoms with Crippen LogP contribution in [0.15, 0.2) is 36.4 Å². The number of aryl methyl sites for hydroxylation is 3. The van der Waals surface area contributed by atoms with Crippen LogP contribution in [-0.2, 0) is 11.3 Å². The highest BCUT2D eigenvalue weighted by atomic mass is 32.2. The van der Waals surface area contributed by atoms with E-state index in [9.17, 15) is 8.76 Å². The molecule has 0 spiro atoms. The van der Waals surface area contributed by atoms with Crippen LogP contribution >= 0.6 is 12.2 Å². The molecule has 0 radical (unpaired) electrons. The Labute approximate surface area is 137 Å². The van der Waals surface area contributed by atoms with Gasteiger partial charge in [0, 0.05) is 11.4 Å². The van der Waals surface area contributed by atoms with E-state index in [1.165, 1.54) is 0 Å². The van der Waals surface area contributed by atoms with Crippen molar-refractivity contribution in [3.05, 3.63) is 53.2 Å². The molecule has 1 aromatic carbocycles. The Hall–Kier alpha value is -1.83. The predicted molar refractivity (Wildman–Crippen MR) is 92.5 cm³/mol. The predicted octanol–water partition coefficient (Wildman–Crippen LogP) is 3.00. The molecule has 0 saturated carbocycles. The van der Waals surface area contributed by atoms with Crippen LogP contribution in [0.2, 0.25) is 0 Å². The van der Waals surface area contributed by atoms with Crippen LogP contribution in [0.1, 0.15) is 16.8 Å². The monoisotopic (exact) mass is 334 g/mol. The van der Waals surface area contributed by atoms with Crippen molar-refractivity contribution in [1.82, 2.24) is 4.98 Å². The van der Waals surface area contributed by atoms with Crippen LogP contribution in [-0.4, -0.2) is 18.9 Å². The highest BCUT2D eigenvalue weighted by Gasteiger charge is 2.15. The Bertz CT molecular complexity index is 697. The largest absolute Gasteiger partial charge is 0.755 e. The van der Waals surface area contributed by atoms with Gasteiger partial charge in [0.2, 0.25) is 0 Å². The molecule has 2 aromatic rings. The second-order valence-corrected chi connectivity index (χ2v) is 6.14. The number of nitrogens with one attached hydrogen (secondary N) is 1. The molecule has 0 aliphatic carbocycles. The van der Waals surface area contributed by atoms with Gasteiger partial charge in [0.25, 0.3) is 0 Å². The van der Waals surface area contributed by atoms with Crippen LogP contribution in [0.25, 0.3) is 0 Å². The number of aromatic nitrogens is 1. The van der Waals surface area contributed by atoms with E-state index in [-0.39, 0.29) is 10.9 Å². The van der Waals surface area contributed by atoms with E-state index >= 15 is 0 Å². The number of thiocarbonyl (C=S) groups is 1. The molecule has 0 saturated heterocycles. The summed E-state index contributed by atoms with van der Waals surface area (Å²) in [5.74, 6) is 0.274. The van der Waals surface area contributed by atoms with E-state index in [1.54, 1.807) is 13.0 Å². The van der Waals surface area contributed by atoms with E-state index in [2.05, 4.69) is 10.3 Å². The zero-order chi connectivity index (χ0) is 16.3. The van der Waals surface area contributed by atoms with Gasteiger partial charge in [-0.1, -0.05) is 17.7 Å². The highest BCUT2D eigenvalue weighted by molar-refractivity contribution is 7.86. The first-order chi connectivity index (χ1) is 10.4. The van der Waals surface area contributed by atoms with E-state index in [1.807, 2.05) is 44.2 Å². The average molecular weight is 334 g/mol. The molecule has 22 heavy (non-hydrogen) atoms. The van der Waals surface area contributed by atoms with Crippen molar-refractivity contribution in [3.8, 4) is 0 Å². The lowest BCUT2D eigenvalue weighted by atomic mass is 10.2. The van der Waals surface area contributed by atoms with Gasteiger partial charge in [0.1, 0.15) is 5.82 Å². The van der Waals surface area contributed by atoms with Crippen molar-refractivity contribution < 1.29 is 8.76 Å². The Morgan fingerprint density at radius 1 is 1.18 bits per heavy atom. The lowest BCUT2D eigenvalue weighted by Crippen LogP contribution is -2.37. The van der Waals surface area contributed by atoms with Gasteiger partial charge in [-0.15, -0.1) is 0 Å². The highest BCUT2D eigenvalue weighted by Crippen LogP contribution is 2.18. The normalized spacial score (nSPS) is 11.8. The first kappa shape index (κ1) is 16.5. The number of anilines is 2. The fourth-order valence-corrected chi connectivity index (χ4v) is 2.80. The lowest BCUT2D eigenvalue weighted by Gasteiger charge is -2.26. The molecule has 2 rings (SSSR count). The summed E-state index contributed by atoms with van der Waals surface area (Å²) in [4.78, 5) is 4.24. The van der Waals surface area contributed by atoms with Gasteiger partial charge < -0.3 is 9.87 Å². The minimum absolute atomic E-state index is 0.0506. The maximum Gasteiger partial charge on any atom is 0.190 e. The number of nitrogens with zero attached hydrogens (tertiary/aromatic N) is 2. The summed E-state index contributed by atoms with van der Waals surface area (Å²) in [5.41, 5.74) is 3.46. The van der Waals surface area contributed by atoms with Gasteiger partial charge in [0.15, 0.2) is 5.11 Å². The number of hydrogen-bond acceptors (Lipinski definition) is 4. The Morgan fingerprint density at radius 2 is 1.82 bits per heavy atom. The summed E-state index contributed by atoms with van der Waals surface area (Å²) in [6, 6.07) is 11.0. The molecule has 0 fully saturated rings. The standard InChI is InChI=1S/C15H17N3O2S2/c1-10-4-6-13(7-5-10)17-15(21)18(22(19)20)14-9-11(2)8-12(3)16-14/h4-9H,1-3H3,(H,17,21)(H,19,20)/p-1. The van der Waals surface area contributed by atoms with Crippen molar-refractivity contribution in [1.29, 1.82) is 0 Å². The zero-order valence-electron chi connectivity index (χ0n) is 12.5. The number of benzene rings is 1. The second-order valence-electron chi connectivity index (χ2n) is 4.95. The molecule has 1 heterocycles. The van der Waals surface area contributed by atoms with Crippen molar-refractivity contribution in [2.75, 3.05) is 9.62 Å². The third-order valence-corrected chi connectivity index (χ3v) is 4.00. The molecule has 7 heteroatoms. The minimum atomic E-state index is -2.56. The van der Waals surface area contributed by atoms with Crippen molar-refractivity contribution in [2.24, 2.45) is 0 Å². The van der Waals surface area contributed by atoms with Crippen molar-refractivity contribution in [2.45, 2.75) is 20.8 Å². The fraction of sp³-hybridized carbons (Fsp3) is 0.200. The zero-order valence-corrected chi connectivity index (χ0v) is 14.1. The lowest BCUT2D eigenvalue weighted by molar-refractivity contribution is 0.538. The molecular formula is C15H16N3O2S2-. The van der Waals surface area contributed by atoms with Gasteiger partial charge in [-0.2, -0.15) is 0 Å².